The van der Waals surface area contributed by atoms with Gasteiger partial charge >= 0.3 is 0 Å². The van der Waals surface area contributed by atoms with E-state index in [1.165, 1.54) is 17.3 Å². The number of nitrogens with zero attached hydrogens (tertiary/aromatic N) is 3. The van der Waals surface area contributed by atoms with Gasteiger partial charge in [0, 0.05) is 6.54 Å². The molecule has 1 atom stereocenters. The molecule has 164 valence electrons. The molecule has 3 aromatic rings. The number of aromatic nitrogens is 3. The molecule has 0 bridgehead atoms. The Bertz CT molecular complexity index is 981. The molecule has 0 fully saturated rings. The molecule has 1 N–H and O–H groups in total. The van der Waals surface area contributed by atoms with Crippen LogP contribution in [0.25, 0.3) is 0 Å². The average Bonchev–Trinajstić information content (AvgIpc) is 3.41. The van der Waals surface area contributed by atoms with Crippen LogP contribution < -0.4 is 10.1 Å². The maximum Gasteiger partial charge on any atom is 0.230 e. The Labute approximate surface area is 186 Å². The highest BCUT2D eigenvalue weighted by atomic mass is 32.2. The number of furan rings is 1. The van der Waals surface area contributed by atoms with Gasteiger partial charge in [-0.15, -0.1) is 16.8 Å². The molecular formula is C23H28N4O3S. The van der Waals surface area contributed by atoms with Crippen molar-refractivity contribution >= 4 is 17.7 Å². The highest BCUT2D eigenvalue weighted by Gasteiger charge is 2.20. The molecule has 0 spiro atoms. The molecule has 0 aliphatic carbocycles. The molecule has 8 heteroatoms. The van der Waals surface area contributed by atoms with Crippen LogP contribution in [0.3, 0.4) is 0 Å². The summed E-state index contributed by atoms with van der Waals surface area (Å²) in [4.78, 5) is 12.2. The van der Waals surface area contributed by atoms with E-state index in [9.17, 15) is 4.79 Å². The van der Waals surface area contributed by atoms with Gasteiger partial charge in [0.15, 0.2) is 17.1 Å². The maximum atomic E-state index is 12.2. The molecule has 2 heterocycles. The summed E-state index contributed by atoms with van der Waals surface area (Å²) in [5, 5.41) is 12.1. The Hall–Kier alpha value is -3.00. The number of thioether (sulfide) groups is 1. The predicted octanol–water partition coefficient (Wildman–Crippen LogP) is 4.73. The number of hydrogen-bond donors (Lipinski definition) is 1. The minimum absolute atomic E-state index is 0.106. The minimum Gasteiger partial charge on any atom is -0.483 e. The lowest BCUT2D eigenvalue weighted by molar-refractivity contribution is -0.118. The third-order valence-corrected chi connectivity index (χ3v) is 5.62. The molecule has 1 aromatic carbocycles. The van der Waals surface area contributed by atoms with E-state index in [1.54, 1.807) is 18.4 Å². The van der Waals surface area contributed by atoms with E-state index in [0.717, 1.165) is 5.75 Å². The second-order valence-corrected chi connectivity index (χ2v) is 8.31. The van der Waals surface area contributed by atoms with Gasteiger partial charge in [-0.1, -0.05) is 43.8 Å². The molecule has 0 aliphatic rings. The van der Waals surface area contributed by atoms with Crippen LogP contribution in [-0.2, 0) is 17.9 Å². The molecule has 7 nitrogen and oxygen atoms in total. The van der Waals surface area contributed by atoms with Crippen molar-refractivity contribution in [2.75, 3.05) is 5.75 Å². The zero-order chi connectivity index (χ0) is 22.2. The maximum absolute atomic E-state index is 12.2. The third-order valence-electron chi connectivity index (χ3n) is 4.65. The second kappa shape index (κ2) is 10.9. The largest absolute Gasteiger partial charge is 0.483 e. The van der Waals surface area contributed by atoms with E-state index in [2.05, 4.69) is 48.1 Å². The van der Waals surface area contributed by atoms with Crippen molar-refractivity contribution in [2.24, 2.45) is 0 Å². The van der Waals surface area contributed by atoms with Crippen LogP contribution in [0.1, 0.15) is 49.9 Å². The fourth-order valence-electron chi connectivity index (χ4n) is 2.98. The number of benzene rings is 1. The lowest BCUT2D eigenvalue weighted by Gasteiger charge is -2.16. The number of allylic oxidation sites excluding steroid dienone is 1. The minimum atomic E-state index is -0.306. The Morgan fingerprint density at radius 3 is 2.68 bits per heavy atom. The van der Waals surface area contributed by atoms with Crippen molar-refractivity contribution in [3.63, 3.8) is 0 Å². The van der Waals surface area contributed by atoms with E-state index in [-0.39, 0.29) is 17.8 Å². The van der Waals surface area contributed by atoms with Crippen LogP contribution in [0, 0.1) is 0 Å². The zero-order valence-corrected chi connectivity index (χ0v) is 18.9. The second-order valence-electron chi connectivity index (χ2n) is 7.37. The van der Waals surface area contributed by atoms with Crippen LogP contribution in [0.4, 0.5) is 0 Å². The summed E-state index contributed by atoms with van der Waals surface area (Å²) >= 11 is 1.33. The normalized spacial score (nSPS) is 12.0. The van der Waals surface area contributed by atoms with Crippen LogP contribution in [0.5, 0.6) is 5.75 Å². The van der Waals surface area contributed by atoms with E-state index < -0.39 is 0 Å². The van der Waals surface area contributed by atoms with Gasteiger partial charge in [0.25, 0.3) is 0 Å². The summed E-state index contributed by atoms with van der Waals surface area (Å²) in [6, 6.07) is 11.7. The van der Waals surface area contributed by atoms with Gasteiger partial charge in [0.1, 0.15) is 11.5 Å². The molecule has 1 unspecified atom stereocenters. The monoisotopic (exact) mass is 440 g/mol. The molecule has 0 saturated heterocycles. The highest BCUT2D eigenvalue weighted by Crippen LogP contribution is 2.26. The molecule has 0 radical (unpaired) electrons. The molecule has 31 heavy (non-hydrogen) atoms. The molecular weight excluding hydrogens is 412 g/mol. The number of amides is 1. The number of carbonyl (C=O) groups excluding carboxylic acids is 1. The quantitative estimate of drug-likeness (QED) is 0.343. The number of hydrogen-bond acceptors (Lipinski definition) is 6. The first-order valence-corrected chi connectivity index (χ1v) is 11.2. The summed E-state index contributed by atoms with van der Waals surface area (Å²) in [7, 11) is 0. The summed E-state index contributed by atoms with van der Waals surface area (Å²) in [5.74, 6) is 2.76. The summed E-state index contributed by atoms with van der Waals surface area (Å²) in [5.41, 5.74) is 1.26. The summed E-state index contributed by atoms with van der Waals surface area (Å²) in [6.45, 7) is 11.0. The van der Waals surface area contributed by atoms with Crippen LogP contribution in [0.15, 0.2) is 64.9 Å². The first kappa shape index (κ1) is 22.7. The molecule has 1 amide bonds. The van der Waals surface area contributed by atoms with Crippen molar-refractivity contribution in [3.05, 3.63) is 72.5 Å². The predicted molar refractivity (Wildman–Crippen MR) is 121 cm³/mol. The number of ether oxygens (including phenoxy) is 1. The van der Waals surface area contributed by atoms with Gasteiger partial charge in [-0.2, -0.15) is 0 Å². The fraction of sp³-hybridized carbons (Fsp3) is 0.348. The van der Waals surface area contributed by atoms with Gasteiger partial charge < -0.3 is 14.5 Å². The lowest BCUT2D eigenvalue weighted by atomic mass is 10.0. The Morgan fingerprint density at radius 1 is 1.26 bits per heavy atom. The number of nitrogens with one attached hydrogen (secondary N) is 1. The molecule has 0 aliphatic heterocycles. The van der Waals surface area contributed by atoms with Crippen molar-refractivity contribution in [3.8, 4) is 5.75 Å². The Balaban J connectivity index is 1.61. The fourth-order valence-corrected chi connectivity index (χ4v) is 3.76. The number of rotatable bonds is 11. The topological polar surface area (TPSA) is 82.2 Å². The van der Waals surface area contributed by atoms with Crippen molar-refractivity contribution in [1.29, 1.82) is 0 Å². The van der Waals surface area contributed by atoms with Crippen molar-refractivity contribution in [1.82, 2.24) is 20.1 Å². The first-order chi connectivity index (χ1) is 15.0. The summed E-state index contributed by atoms with van der Waals surface area (Å²) in [6.07, 6.45) is 3.05. The highest BCUT2D eigenvalue weighted by molar-refractivity contribution is 7.99. The van der Waals surface area contributed by atoms with Crippen molar-refractivity contribution < 1.29 is 13.9 Å². The van der Waals surface area contributed by atoms with Gasteiger partial charge in [-0.25, -0.2) is 0 Å². The first-order valence-electron chi connectivity index (χ1n) is 10.2. The Kier molecular flexibility index (Phi) is 7.94. The Morgan fingerprint density at radius 2 is 2.03 bits per heavy atom. The van der Waals surface area contributed by atoms with Crippen molar-refractivity contribution in [2.45, 2.75) is 51.0 Å². The van der Waals surface area contributed by atoms with Crippen LogP contribution >= 0.6 is 11.8 Å². The zero-order valence-electron chi connectivity index (χ0n) is 18.1. The SMILES string of the molecule is C=CCn1c(SCC(=O)NCc2ccco2)nnc1C(C)Oc1ccc(C(C)C)cc1. The third kappa shape index (κ3) is 6.24. The van der Waals surface area contributed by atoms with Crippen LogP contribution in [-0.4, -0.2) is 26.4 Å². The van der Waals surface area contributed by atoms with E-state index >= 15 is 0 Å². The van der Waals surface area contributed by atoms with Gasteiger partial charge in [-0.05, 0) is 42.7 Å². The molecule has 0 saturated carbocycles. The van der Waals surface area contributed by atoms with Gasteiger partial charge in [0.2, 0.25) is 5.91 Å². The molecule has 2 aromatic heterocycles. The molecule has 3 rings (SSSR count). The lowest BCUT2D eigenvalue weighted by Crippen LogP contribution is -2.24. The number of carbonyl (C=O) groups is 1. The average molecular weight is 441 g/mol. The van der Waals surface area contributed by atoms with E-state index in [4.69, 9.17) is 9.15 Å². The van der Waals surface area contributed by atoms with Crippen LogP contribution in [0.2, 0.25) is 0 Å². The van der Waals surface area contributed by atoms with E-state index in [0.29, 0.717) is 35.7 Å². The van der Waals surface area contributed by atoms with Gasteiger partial charge in [-0.3, -0.25) is 9.36 Å². The smallest absolute Gasteiger partial charge is 0.230 e. The van der Waals surface area contributed by atoms with Gasteiger partial charge in [0.05, 0.1) is 18.6 Å². The van der Waals surface area contributed by atoms with E-state index in [1.807, 2.05) is 29.7 Å². The summed E-state index contributed by atoms with van der Waals surface area (Å²) < 4.78 is 13.2. The standard InChI is InChI=1S/C23H28N4O3S/c1-5-12-27-22(17(4)30-19-10-8-18(9-11-19)16(2)3)25-26-23(27)31-15-21(28)24-14-20-7-6-13-29-20/h5-11,13,16-17H,1,12,14-15H2,2-4H3,(H,24,28).